The van der Waals surface area contributed by atoms with Crippen molar-refractivity contribution < 1.29 is 14.6 Å². The average Bonchev–Trinajstić information content (AvgIpc) is 1.82. The highest BCUT2D eigenvalue weighted by atomic mass is 16.5. The van der Waals surface area contributed by atoms with Gasteiger partial charge < -0.3 is 9.84 Å². The molecule has 4 heteroatoms. The Balaban J connectivity index is 4.62. The number of amides is 1. The number of carbonyl (C=O) groups is 1. The van der Waals surface area contributed by atoms with Crippen LogP contribution >= 0.6 is 0 Å². The van der Waals surface area contributed by atoms with E-state index in [9.17, 15) is 4.79 Å². The van der Waals surface area contributed by atoms with Gasteiger partial charge >= 0.3 is 6.09 Å². The van der Waals surface area contributed by atoms with Crippen LogP contribution in [0.5, 0.6) is 0 Å². The Bertz CT molecular complexity index is 186. The van der Waals surface area contributed by atoms with Crippen molar-refractivity contribution in [2.24, 2.45) is 5.41 Å². The van der Waals surface area contributed by atoms with Gasteiger partial charge in [-0.15, -0.1) is 0 Å². The van der Waals surface area contributed by atoms with E-state index in [0.717, 1.165) is 0 Å². The van der Waals surface area contributed by atoms with Crippen molar-refractivity contribution in [1.82, 2.24) is 5.32 Å². The first kappa shape index (κ1) is 12.2. The average molecular weight is 189 g/mol. The Kier molecular flexibility index (Phi) is 3.72. The van der Waals surface area contributed by atoms with Crippen LogP contribution in [0.2, 0.25) is 0 Å². The molecule has 0 rings (SSSR count). The zero-order valence-corrected chi connectivity index (χ0v) is 8.97. The Labute approximate surface area is 79.3 Å². The number of carboxylic acid groups (broad SMARTS) is 1. The molecule has 0 aromatic carbocycles. The topological polar surface area (TPSA) is 58.6 Å². The molecule has 1 unspecified atom stereocenters. The van der Waals surface area contributed by atoms with Crippen molar-refractivity contribution >= 4 is 6.09 Å². The third-order valence-corrected chi connectivity index (χ3v) is 2.21. The van der Waals surface area contributed by atoms with Crippen LogP contribution in [0.3, 0.4) is 0 Å². The Hall–Kier alpha value is -0.770. The molecule has 0 heterocycles. The highest BCUT2D eigenvalue weighted by molar-refractivity contribution is 5.65. The maximum absolute atomic E-state index is 10.5. The van der Waals surface area contributed by atoms with Gasteiger partial charge in [-0.25, -0.2) is 4.79 Å². The maximum atomic E-state index is 10.5. The highest BCUT2D eigenvalue weighted by Gasteiger charge is 2.39. The van der Waals surface area contributed by atoms with Gasteiger partial charge in [-0.05, 0) is 13.8 Å². The Morgan fingerprint density at radius 1 is 1.38 bits per heavy atom. The summed E-state index contributed by atoms with van der Waals surface area (Å²) in [6.45, 7) is 9.85. The fourth-order valence-electron chi connectivity index (χ4n) is 0.933. The molecule has 1 amide bonds. The number of nitrogens with one attached hydrogen (secondary N) is 1. The van der Waals surface area contributed by atoms with Gasteiger partial charge in [0, 0.05) is 12.0 Å². The first-order valence-electron chi connectivity index (χ1n) is 4.38. The molecule has 13 heavy (non-hydrogen) atoms. The summed E-state index contributed by atoms with van der Waals surface area (Å²) in [5.74, 6) is 0. The highest BCUT2D eigenvalue weighted by Crippen LogP contribution is 2.30. The molecule has 0 aliphatic carbocycles. The molecule has 0 fully saturated rings. The smallest absolute Gasteiger partial charge is 0.406 e. The quantitative estimate of drug-likeness (QED) is 0.668. The van der Waals surface area contributed by atoms with E-state index in [1.54, 1.807) is 6.92 Å². The molecule has 1 atom stereocenters. The summed E-state index contributed by atoms with van der Waals surface area (Å²) in [7, 11) is 0. The number of ether oxygens (including phenoxy) is 1. The van der Waals surface area contributed by atoms with Crippen molar-refractivity contribution in [2.75, 3.05) is 6.61 Å². The summed E-state index contributed by atoms with van der Waals surface area (Å²) in [6.07, 6.45) is -1.06. The zero-order valence-electron chi connectivity index (χ0n) is 8.97. The van der Waals surface area contributed by atoms with E-state index in [0.29, 0.717) is 6.61 Å². The second-order valence-electron chi connectivity index (χ2n) is 4.15. The van der Waals surface area contributed by atoms with Crippen LogP contribution in [0.15, 0.2) is 0 Å². The van der Waals surface area contributed by atoms with Crippen molar-refractivity contribution in [3.05, 3.63) is 0 Å². The summed E-state index contributed by atoms with van der Waals surface area (Å²) in [6, 6.07) is 0. The molecule has 4 nitrogen and oxygen atoms in total. The van der Waals surface area contributed by atoms with Crippen molar-refractivity contribution in [2.45, 2.75) is 40.3 Å². The van der Waals surface area contributed by atoms with E-state index in [-0.39, 0.29) is 5.41 Å². The van der Waals surface area contributed by atoms with E-state index in [1.807, 2.05) is 27.7 Å². The maximum Gasteiger partial charge on any atom is 0.406 e. The predicted molar refractivity (Wildman–Crippen MR) is 50.6 cm³/mol. The van der Waals surface area contributed by atoms with Gasteiger partial charge in [-0.2, -0.15) is 0 Å². The van der Waals surface area contributed by atoms with Crippen molar-refractivity contribution in [3.63, 3.8) is 0 Å². The summed E-state index contributed by atoms with van der Waals surface area (Å²) in [4.78, 5) is 10.5. The molecule has 0 radical (unpaired) electrons. The second-order valence-corrected chi connectivity index (χ2v) is 4.15. The van der Waals surface area contributed by atoms with Crippen LogP contribution in [0.4, 0.5) is 4.79 Å². The van der Waals surface area contributed by atoms with Crippen LogP contribution in [-0.4, -0.2) is 23.5 Å². The largest absolute Gasteiger partial charge is 0.465 e. The molecule has 0 bridgehead atoms. The lowest BCUT2D eigenvalue weighted by Crippen LogP contribution is -2.56. The predicted octanol–water partition coefficient (Wildman–Crippen LogP) is 2.05. The van der Waals surface area contributed by atoms with Crippen LogP contribution in [0, 0.1) is 5.41 Å². The Morgan fingerprint density at radius 3 is 2.08 bits per heavy atom. The Morgan fingerprint density at radius 2 is 1.85 bits per heavy atom. The van der Waals surface area contributed by atoms with Gasteiger partial charge in [0.1, 0.15) is 5.72 Å². The number of hydrogen-bond donors (Lipinski definition) is 2. The molecular weight excluding hydrogens is 170 g/mol. The fourth-order valence-corrected chi connectivity index (χ4v) is 0.933. The fraction of sp³-hybridized carbons (Fsp3) is 0.889. The minimum Gasteiger partial charge on any atom is -0.465 e. The van der Waals surface area contributed by atoms with Gasteiger partial charge in [0.05, 0.1) is 0 Å². The molecule has 0 spiro atoms. The van der Waals surface area contributed by atoms with Crippen molar-refractivity contribution in [3.8, 4) is 0 Å². The SMILES string of the molecule is CCOC(C)(NC(=O)O)C(C)(C)C. The first-order chi connectivity index (χ1) is 5.73. The molecule has 0 aliphatic heterocycles. The van der Waals surface area contributed by atoms with Crippen LogP contribution in [0.25, 0.3) is 0 Å². The van der Waals surface area contributed by atoms with E-state index in [2.05, 4.69) is 5.32 Å². The van der Waals surface area contributed by atoms with Crippen molar-refractivity contribution in [1.29, 1.82) is 0 Å². The van der Waals surface area contributed by atoms with Gasteiger partial charge in [0.2, 0.25) is 0 Å². The normalized spacial score (nSPS) is 16.4. The summed E-state index contributed by atoms with van der Waals surface area (Å²) >= 11 is 0. The third-order valence-electron chi connectivity index (χ3n) is 2.21. The van der Waals surface area contributed by atoms with E-state index in [4.69, 9.17) is 9.84 Å². The molecule has 0 aliphatic rings. The van der Waals surface area contributed by atoms with Crippen LogP contribution in [-0.2, 0) is 4.74 Å². The lowest BCUT2D eigenvalue weighted by molar-refractivity contribution is -0.117. The van der Waals surface area contributed by atoms with Gasteiger partial charge in [0.15, 0.2) is 0 Å². The standard InChI is InChI=1S/C9H19NO3/c1-6-13-9(5,8(2,3)4)10-7(11)12/h10H,6H2,1-5H3,(H,11,12). The lowest BCUT2D eigenvalue weighted by Gasteiger charge is -2.40. The first-order valence-corrected chi connectivity index (χ1v) is 4.38. The second kappa shape index (κ2) is 3.96. The summed E-state index contributed by atoms with van der Waals surface area (Å²) in [5.41, 5.74) is -1.12. The van der Waals surface area contributed by atoms with E-state index >= 15 is 0 Å². The molecule has 0 saturated heterocycles. The van der Waals surface area contributed by atoms with Crippen LogP contribution < -0.4 is 5.32 Å². The van der Waals surface area contributed by atoms with Gasteiger partial charge in [-0.1, -0.05) is 20.8 Å². The molecule has 0 saturated carbocycles. The van der Waals surface area contributed by atoms with E-state index in [1.165, 1.54) is 0 Å². The van der Waals surface area contributed by atoms with E-state index < -0.39 is 11.8 Å². The van der Waals surface area contributed by atoms with Gasteiger partial charge in [-0.3, -0.25) is 5.32 Å². The lowest BCUT2D eigenvalue weighted by atomic mass is 9.84. The zero-order chi connectivity index (χ0) is 10.7. The molecule has 0 aromatic heterocycles. The molecule has 78 valence electrons. The molecular formula is C9H19NO3. The monoisotopic (exact) mass is 189 g/mol. The summed E-state index contributed by atoms with van der Waals surface area (Å²) in [5, 5.41) is 11.0. The number of rotatable bonds is 3. The molecule has 0 aromatic rings. The van der Waals surface area contributed by atoms with Gasteiger partial charge in [0.25, 0.3) is 0 Å². The third kappa shape index (κ3) is 3.22. The van der Waals surface area contributed by atoms with Crippen LogP contribution in [0.1, 0.15) is 34.6 Å². The minimum absolute atomic E-state index is 0.276. The summed E-state index contributed by atoms with van der Waals surface area (Å²) < 4.78 is 5.41. The minimum atomic E-state index is -1.06. The number of hydrogen-bond acceptors (Lipinski definition) is 2. The molecule has 2 N–H and O–H groups in total.